The lowest BCUT2D eigenvalue weighted by molar-refractivity contribution is 0.0625. The molecule has 2 rings (SSSR count). The monoisotopic (exact) mass is 223 g/mol. The average Bonchev–Trinajstić information content (AvgIpc) is 2.83. The maximum absolute atomic E-state index is 5.36. The Morgan fingerprint density at radius 2 is 2.19 bits per heavy atom. The van der Waals surface area contributed by atoms with E-state index in [4.69, 9.17) is 4.74 Å². The summed E-state index contributed by atoms with van der Waals surface area (Å²) in [7, 11) is 1.82. The molecule has 1 aliphatic carbocycles. The zero-order chi connectivity index (χ0) is 11.2. The molecular weight excluding hydrogens is 202 g/mol. The lowest BCUT2D eigenvalue weighted by Gasteiger charge is -2.28. The van der Waals surface area contributed by atoms with Crippen molar-refractivity contribution in [2.24, 2.45) is 0 Å². The molecule has 1 fully saturated rings. The Bertz CT molecular complexity index is 278. The van der Waals surface area contributed by atoms with Gasteiger partial charge in [-0.25, -0.2) is 4.98 Å². The topological polar surface area (TPSA) is 39.1 Å². The predicted octanol–water partition coefficient (Wildman–Crippen LogP) is 1.43. The van der Waals surface area contributed by atoms with Crippen molar-refractivity contribution in [3.8, 4) is 0 Å². The Kier molecular flexibility index (Phi) is 4.36. The number of nitrogens with one attached hydrogen (secondary N) is 1. The third kappa shape index (κ3) is 3.32. The number of hydrogen-bond donors (Lipinski definition) is 1. The SMILES string of the molecule is COC1CCC(NCCn2ccnc2)CC1. The van der Waals surface area contributed by atoms with Gasteiger partial charge in [-0.2, -0.15) is 0 Å². The minimum Gasteiger partial charge on any atom is -0.381 e. The number of methoxy groups -OCH3 is 1. The molecule has 16 heavy (non-hydrogen) atoms. The molecule has 0 saturated heterocycles. The van der Waals surface area contributed by atoms with Crippen molar-refractivity contribution in [2.75, 3.05) is 13.7 Å². The van der Waals surface area contributed by atoms with E-state index in [1.54, 1.807) is 0 Å². The largest absolute Gasteiger partial charge is 0.381 e. The molecule has 1 aliphatic rings. The highest BCUT2D eigenvalue weighted by atomic mass is 16.5. The van der Waals surface area contributed by atoms with Gasteiger partial charge in [-0.3, -0.25) is 0 Å². The van der Waals surface area contributed by atoms with E-state index in [1.165, 1.54) is 25.7 Å². The second-order valence-electron chi connectivity index (χ2n) is 4.46. The highest BCUT2D eigenvalue weighted by molar-refractivity contribution is 4.78. The molecule has 0 aliphatic heterocycles. The molecule has 0 amide bonds. The fraction of sp³-hybridized carbons (Fsp3) is 0.750. The summed E-state index contributed by atoms with van der Waals surface area (Å²) >= 11 is 0. The van der Waals surface area contributed by atoms with E-state index >= 15 is 0 Å². The smallest absolute Gasteiger partial charge is 0.0946 e. The second kappa shape index (κ2) is 6.01. The minimum atomic E-state index is 0.492. The Labute approximate surface area is 97.0 Å². The van der Waals surface area contributed by atoms with Crippen LogP contribution in [0.2, 0.25) is 0 Å². The van der Waals surface area contributed by atoms with Crippen LogP contribution in [0, 0.1) is 0 Å². The van der Waals surface area contributed by atoms with Crippen LogP contribution in [0.25, 0.3) is 0 Å². The lowest BCUT2D eigenvalue weighted by atomic mass is 9.93. The van der Waals surface area contributed by atoms with Crippen molar-refractivity contribution in [1.82, 2.24) is 14.9 Å². The first kappa shape index (κ1) is 11.6. The number of imidazole rings is 1. The highest BCUT2D eigenvalue weighted by Crippen LogP contribution is 2.20. The van der Waals surface area contributed by atoms with Gasteiger partial charge < -0.3 is 14.6 Å². The Morgan fingerprint density at radius 1 is 1.38 bits per heavy atom. The van der Waals surface area contributed by atoms with Gasteiger partial charge in [0.15, 0.2) is 0 Å². The van der Waals surface area contributed by atoms with Crippen molar-refractivity contribution in [3.63, 3.8) is 0 Å². The first-order valence-corrected chi connectivity index (χ1v) is 6.10. The van der Waals surface area contributed by atoms with Gasteiger partial charge in [0.2, 0.25) is 0 Å². The van der Waals surface area contributed by atoms with Gasteiger partial charge in [-0.1, -0.05) is 0 Å². The van der Waals surface area contributed by atoms with Crippen molar-refractivity contribution >= 4 is 0 Å². The van der Waals surface area contributed by atoms with E-state index in [0.717, 1.165) is 13.1 Å². The molecule has 0 spiro atoms. The van der Waals surface area contributed by atoms with Crippen LogP contribution in [-0.4, -0.2) is 35.4 Å². The Morgan fingerprint density at radius 3 is 2.81 bits per heavy atom. The standard InChI is InChI=1S/C12H21N3O/c1-16-12-4-2-11(3-5-12)14-7-9-15-8-6-13-10-15/h6,8,10-12,14H,2-5,7,9H2,1H3. The minimum absolute atomic E-state index is 0.492. The van der Waals surface area contributed by atoms with Crippen LogP contribution in [0.3, 0.4) is 0 Å². The third-order valence-electron chi connectivity index (χ3n) is 3.37. The van der Waals surface area contributed by atoms with Crippen molar-refractivity contribution in [1.29, 1.82) is 0 Å². The fourth-order valence-electron chi connectivity index (χ4n) is 2.32. The molecular formula is C12H21N3O. The molecule has 1 aromatic heterocycles. The summed E-state index contributed by atoms with van der Waals surface area (Å²) in [4.78, 5) is 4.03. The summed E-state index contributed by atoms with van der Waals surface area (Å²) in [5, 5.41) is 3.60. The highest BCUT2D eigenvalue weighted by Gasteiger charge is 2.19. The fourth-order valence-corrected chi connectivity index (χ4v) is 2.32. The van der Waals surface area contributed by atoms with Crippen LogP contribution in [-0.2, 0) is 11.3 Å². The number of ether oxygens (including phenoxy) is 1. The van der Waals surface area contributed by atoms with Crippen molar-refractivity contribution in [2.45, 2.75) is 44.4 Å². The molecule has 1 heterocycles. The van der Waals surface area contributed by atoms with Crippen molar-refractivity contribution < 1.29 is 4.74 Å². The van der Waals surface area contributed by atoms with E-state index in [-0.39, 0.29) is 0 Å². The van der Waals surface area contributed by atoms with Crippen LogP contribution < -0.4 is 5.32 Å². The Hall–Kier alpha value is -0.870. The first-order valence-electron chi connectivity index (χ1n) is 6.10. The summed E-state index contributed by atoms with van der Waals surface area (Å²) in [6.07, 6.45) is 11.0. The molecule has 1 aromatic rings. The summed E-state index contributed by atoms with van der Waals surface area (Å²) in [6.45, 7) is 2.03. The molecule has 4 nitrogen and oxygen atoms in total. The molecule has 0 radical (unpaired) electrons. The number of hydrogen-bond acceptors (Lipinski definition) is 3. The zero-order valence-electron chi connectivity index (χ0n) is 9.93. The van der Waals surface area contributed by atoms with E-state index in [9.17, 15) is 0 Å². The predicted molar refractivity (Wildman–Crippen MR) is 63.3 cm³/mol. The molecule has 90 valence electrons. The van der Waals surface area contributed by atoms with E-state index in [1.807, 2.05) is 25.8 Å². The summed E-state index contributed by atoms with van der Waals surface area (Å²) in [5.41, 5.74) is 0. The number of nitrogens with zero attached hydrogens (tertiary/aromatic N) is 2. The van der Waals surface area contributed by atoms with E-state index < -0.39 is 0 Å². The van der Waals surface area contributed by atoms with E-state index in [2.05, 4.69) is 14.9 Å². The molecule has 1 N–H and O–H groups in total. The third-order valence-corrected chi connectivity index (χ3v) is 3.37. The van der Waals surface area contributed by atoms with Crippen LogP contribution >= 0.6 is 0 Å². The lowest BCUT2D eigenvalue weighted by Crippen LogP contribution is -2.36. The average molecular weight is 223 g/mol. The molecule has 4 heteroatoms. The van der Waals surface area contributed by atoms with Gasteiger partial charge in [0, 0.05) is 38.6 Å². The summed E-state index contributed by atoms with van der Waals surface area (Å²) in [5.74, 6) is 0. The maximum Gasteiger partial charge on any atom is 0.0946 e. The van der Waals surface area contributed by atoms with Gasteiger partial charge in [-0.15, -0.1) is 0 Å². The molecule has 0 bridgehead atoms. The number of aromatic nitrogens is 2. The van der Waals surface area contributed by atoms with Gasteiger partial charge in [-0.05, 0) is 25.7 Å². The molecule has 0 unspecified atom stereocenters. The zero-order valence-corrected chi connectivity index (χ0v) is 9.93. The molecule has 0 aromatic carbocycles. The van der Waals surface area contributed by atoms with Crippen molar-refractivity contribution in [3.05, 3.63) is 18.7 Å². The van der Waals surface area contributed by atoms with Crippen LogP contribution in [0.1, 0.15) is 25.7 Å². The molecule has 1 saturated carbocycles. The Balaban J connectivity index is 1.60. The van der Waals surface area contributed by atoms with Gasteiger partial charge in [0.1, 0.15) is 0 Å². The first-order chi connectivity index (χ1) is 7.88. The van der Waals surface area contributed by atoms with E-state index in [0.29, 0.717) is 12.1 Å². The summed E-state index contributed by atoms with van der Waals surface area (Å²) in [6, 6.07) is 0.676. The van der Waals surface area contributed by atoms with Crippen LogP contribution in [0.4, 0.5) is 0 Å². The second-order valence-corrected chi connectivity index (χ2v) is 4.46. The molecule has 0 atom stereocenters. The normalized spacial score (nSPS) is 25.8. The van der Waals surface area contributed by atoms with Crippen LogP contribution in [0.15, 0.2) is 18.7 Å². The van der Waals surface area contributed by atoms with Gasteiger partial charge in [0.05, 0.1) is 12.4 Å². The quantitative estimate of drug-likeness (QED) is 0.820. The van der Waals surface area contributed by atoms with Gasteiger partial charge in [0.25, 0.3) is 0 Å². The number of rotatable bonds is 5. The van der Waals surface area contributed by atoms with Gasteiger partial charge >= 0.3 is 0 Å². The maximum atomic E-state index is 5.36. The summed E-state index contributed by atoms with van der Waals surface area (Å²) < 4.78 is 7.47. The van der Waals surface area contributed by atoms with Crippen LogP contribution in [0.5, 0.6) is 0 Å².